The lowest BCUT2D eigenvalue weighted by molar-refractivity contribution is -0.135. The third kappa shape index (κ3) is 4.81. The van der Waals surface area contributed by atoms with Gasteiger partial charge in [-0.25, -0.2) is 0 Å². The largest absolute Gasteiger partial charge is 0.490 e. The van der Waals surface area contributed by atoms with E-state index in [-0.39, 0.29) is 13.2 Å². The Balaban J connectivity index is 1.45. The average molecular weight is 372 g/mol. The number of hydrogen-bond acceptors (Lipinski definition) is 6. The average Bonchev–Trinajstić information content (AvgIpc) is 2.71. The molecule has 0 bridgehead atoms. The summed E-state index contributed by atoms with van der Waals surface area (Å²) in [6, 6.07) is 14.1. The number of ether oxygens (including phenoxy) is 4. The van der Waals surface area contributed by atoms with Crippen molar-refractivity contribution in [3.63, 3.8) is 0 Å². The van der Waals surface area contributed by atoms with E-state index in [1.807, 2.05) is 19.1 Å². The number of para-hydroxylation sites is 4. The van der Waals surface area contributed by atoms with Crippen LogP contribution in [0.3, 0.4) is 0 Å². The van der Waals surface area contributed by atoms with Gasteiger partial charge in [0.25, 0.3) is 11.8 Å². The van der Waals surface area contributed by atoms with Gasteiger partial charge in [-0.1, -0.05) is 24.3 Å². The topological polar surface area (TPSA) is 95.1 Å². The summed E-state index contributed by atoms with van der Waals surface area (Å²) in [5.74, 6) is 1.00. The molecule has 27 heavy (non-hydrogen) atoms. The fourth-order valence-corrected chi connectivity index (χ4v) is 2.38. The number of benzene rings is 2. The fraction of sp³-hybridized carbons (Fsp3) is 0.263. The lowest BCUT2D eigenvalue weighted by Gasteiger charge is -2.25. The molecule has 2 N–H and O–H groups in total. The molecule has 142 valence electrons. The maximum Gasteiger partial charge on any atom is 0.283 e. The number of amides is 2. The summed E-state index contributed by atoms with van der Waals surface area (Å²) in [5, 5.41) is 0. The first-order valence-corrected chi connectivity index (χ1v) is 8.49. The number of carbonyl (C=O) groups excluding carboxylic acids is 2. The zero-order valence-electron chi connectivity index (χ0n) is 14.8. The molecule has 0 unspecified atom stereocenters. The lowest BCUT2D eigenvalue weighted by atomic mass is 10.2. The highest BCUT2D eigenvalue weighted by molar-refractivity contribution is 5.85. The summed E-state index contributed by atoms with van der Waals surface area (Å²) in [7, 11) is 0. The van der Waals surface area contributed by atoms with Crippen molar-refractivity contribution in [2.75, 3.05) is 19.8 Å². The van der Waals surface area contributed by atoms with Crippen LogP contribution < -0.4 is 29.8 Å². The molecule has 0 spiro atoms. The molecule has 0 fully saturated rings. The molecule has 8 heteroatoms. The third-order valence-electron chi connectivity index (χ3n) is 3.63. The minimum absolute atomic E-state index is 0.0525. The Morgan fingerprint density at radius 2 is 1.67 bits per heavy atom. The third-order valence-corrected chi connectivity index (χ3v) is 3.63. The highest BCUT2D eigenvalue weighted by Crippen LogP contribution is 2.30. The molecule has 2 amide bonds. The van der Waals surface area contributed by atoms with Crippen LogP contribution in [0.4, 0.5) is 0 Å². The van der Waals surface area contributed by atoms with Crippen molar-refractivity contribution in [3.8, 4) is 23.0 Å². The molecule has 1 aliphatic rings. The van der Waals surface area contributed by atoms with Crippen molar-refractivity contribution in [2.24, 2.45) is 0 Å². The number of rotatable bonds is 6. The van der Waals surface area contributed by atoms with Crippen molar-refractivity contribution in [1.82, 2.24) is 10.9 Å². The van der Waals surface area contributed by atoms with Gasteiger partial charge in [-0.05, 0) is 31.2 Å². The van der Waals surface area contributed by atoms with Gasteiger partial charge >= 0.3 is 0 Å². The van der Waals surface area contributed by atoms with Crippen LogP contribution in [0.25, 0.3) is 0 Å². The van der Waals surface area contributed by atoms with E-state index < -0.39 is 17.9 Å². The van der Waals surface area contributed by atoms with Crippen LogP contribution in [-0.4, -0.2) is 37.7 Å². The minimum atomic E-state index is -0.861. The zero-order valence-corrected chi connectivity index (χ0v) is 14.8. The van der Waals surface area contributed by atoms with Gasteiger partial charge in [-0.15, -0.1) is 0 Å². The summed E-state index contributed by atoms with van der Waals surface area (Å²) in [6.45, 7) is 2.11. The van der Waals surface area contributed by atoms with Crippen molar-refractivity contribution in [3.05, 3.63) is 48.5 Å². The summed E-state index contributed by atoms with van der Waals surface area (Å²) < 4.78 is 21.9. The van der Waals surface area contributed by atoms with Crippen LogP contribution in [-0.2, 0) is 9.59 Å². The molecular formula is C19H20N2O6. The Labute approximate surface area is 156 Å². The SMILES string of the molecule is CCOc1ccccc1OCC(=O)NNC(=O)[C@H]1COc2ccccc2O1. The highest BCUT2D eigenvalue weighted by atomic mass is 16.6. The van der Waals surface area contributed by atoms with E-state index >= 15 is 0 Å². The standard InChI is InChI=1S/C19H20N2O6/c1-2-24-13-7-3-4-8-14(13)26-12-18(22)20-21-19(23)17-11-25-15-9-5-6-10-16(15)27-17/h3-10,17H,2,11-12H2,1H3,(H,20,22)(H,21,23)/t17-/m1/s1. The molecular weight excluding hydrogens is 352 g/mol. The fourth-order valence-electron chi connectivity index (χ4n) is 2.38. The summed E-state index contributed by atoms with van der Waals surface area (Å²) >= 11 is 0. The molecule has 0 saturated carbocycles. The normalized spacial score (nSPS) is 14.8. The van der Waals surface area contributed by atoms with Crippen LogP contribution >= 0.6 is 0 Å². The van der Waals surface area contributed by atoms with Crippen molar-refractivity contribution < 1.29 is 28.5 Å². The number of nitrogens with one attached hydrogen (secondary N) is 2. The number of hydrogen-bond donors (Lipinski definition) is 2. The van der Waals surface area contributed by atoms with E-state index in [4.69, 9.17) is 18.9 Å². The second-order valence-electron chi connectivity index (χ2n) is 5.57. The molecule has 0 radical (unpaired) electrons. The Morgan fingerprint density at radius 3 is 2.41 bits per heavy atom. The molecule has 1 aliphatic heterocycles. The summed E-state index contributed by atoms with van der Waals surface area (Å²) in [5.41, 5.74) is 4.59. The highest BCUT2D eigenvalue weighted by Gasteiger charge is 2.27. The van der Waals surface area contributed by atoms with Gasteiger partial charge in [-0.2, -0.15) is 0 Å². The van der Waals surface area contributed by atoms with Crippen LogP contribution in [0.1, 0.15) is 6.92 Å². The van der Waals surface area contributed by atoms with E-state index in [9.17, 15) is 9.59 Å². The first-order chi connectivity index (χ1) is 13.2. The molecule has 0 aliphatic carbocycles. The van der Waals surface area contributed by atoms with E-state index in [2.05, 4.69) is 10.9 Å². The Morgan fingerprint density at radius 1 is 1.00 bits per heavy atom. The van der Waals surface area contributed by atoms with Gasteiger partial charge in [0.1, 0.15) is 6.61 Å². The predicted octanol–water partition coefficient (Wildman–Crippen LogP) is 1.45. The van der Waals surface area contributed by atoms with Crippen LogP contribution in [0.2, 0.25) is 0 Å². The molecule has 8 nitrogen and oxygen atoms in total. The van der Waals surface area contributed by atoms with Crippen molar-refractivity contribution in [1.29, 1.82) is 0 Å². The van der Waals surface area contributed by atoms with Gasteiger partial charge in [-0.3, -0.25) is 20.4 Å². The van der Waals surface area contributed by atoms with Gasteiger partial charge < -0.3 is 18.9 Å². The summed E-state index contributed by atoms with van der Waals surface area (Å²) in [6.07, 6.45) is -0.861. The molecule has 0 aromatic heterocycles. The first kappa shape index (κ1) is 18.4. The molecule has 2 aromatic carbocycles. The summed E-state index contributed by atoms with van der Waals surface area (Å²) in [4.78, 5) is 24.0. The predicted molar refractivity (Wildman–Crippen MR) is 95.7 cm³/mol. The quantitative estimate of drug-likeness (QED) is 0.746. The maximum absolute atomic E-state index is 12.1. The van der Waals surface area contributed by atoms with E-state index in [0.717, 1.165) is 0 Å². The smallest absolute Gasteiger partial charge is 0.283 e. The van der Waals surface area contributed by atoms with Crippen LogP contribution in [0, 0.1) is 0 Å². The monoisotopic (exact) mass is 372 g/mol. The Hall–Kier alpha value is -3.42. The lowest BCUT2D eigenvalue weighted by Crippen LogP contribution is -2.51. The number of carbonyl (C=O) groups is 2. The molecule has 1 heterocycles. The Bertz CT molecular complexity index is 810. The second kappa shape index (κ2) is 8.79. The molecule has 3 rings (SSSR count). The van der Waals surface area contributed by atoms with E-state index in [1.165, 1.54) is 0 Å². The van der Waals surface area contributed by atoms with Crippen molar-refractivity contribution in [2.45, 2.75) is 13.0 Å². The molecule has 1 atom stereocenters. The van der Waals surface area contributed by atoms with Crippen molar-refractivity contribution >= 4 is 11.8 Å². The van der Waals surface area contributed by atoms with Crippen LogP contribution in [0.15, 0.2) is 48.5 Å². The van der Waals surface area contributed by atoms with Gasteiger partial charge in [0.05, 0.1) is 6.61 Å². The van der Waals surface area contributed by atoms with Crippen LogP contribution in [0.5, 0.6) is 23.0 Å². The second-order valence-corrected chi connectivity index (χ2v) is 5.57. The van der Waals surface area contributed by atoms with E-state index in [0.29, 0.717) is 29.6 Å². The number of fused-ring (bicyclic) bond motifs is 1. The maximum atomic E-state index is 12.1. The minimum Gasteiger partial charge on any atom is -0.490 e. The Kier molecular flexibility index (Phi) is 5.98. The van der Waals surface area contributed by atoms with E-state index in [1.54, 1.807) is 36.4 Å². The van der Waals surface area contributed by atoms with Gasteiger partial charge in [0.15, 0.2) is 29.6 Å². The zero-order chi connectivity index (χ0) is 19.1. The first-order valence-electron chi connectivity index (χ1n) is 8.49. The van der Waals surface area contributed by atoms with Gasteiger partial charge in [0, 0.05) is 0 Å². The van der Waals surface area contributed by atoms with Gasteiger partial charge in [0.2, 0.25) is 6.10 Å². The molecule has 2 aromatic rings. The molecule has 0 saturated heterocycles. The number of hydrazine groups is 1.